The van der Waals surface area contributed by atoms with Gasteiger partial charge in [0.15, 0.2) is 0 Å². The van der Waals surface area contributed by atoms with E-state index < -0.39 is 0 Å². The molecule has 0 bridgehead atoms. The highest BCUT2D eigenvalue weighted by molar-refractivity contribution is 6.10. The van der Waals surface area contributed by atoms with Crippen molar-refractivity contribution in [2.45, 2.75) is 0 Å². The Hall–Kier alpha value is -4.95. The second kappa shape index (κ2) is 7.03. The summed E-state index contributed by atoms with van der Waals surface area (Å²) in [6.45, 7) is 0. The lowest BCUT2D eigenvalue weighted by atomic mass is 10.1. The van der Waals surface area contributed by atoms with Gasteiger partial charge in [0.25, 0.3) is 0 Å². The lowest BCUT2D eigenvalue weighted by Crippen LogP contribution is -1.96. The van der Waals surface area contributed by atoms with Gasteiger partial charge in [-0.1, -0.05) is 30.3 Å². The number of fused-ring (bicyclic) bond motifs is 6. The molecule has 0 aliphatic rings. The summed E-state index contributed by atoms with van der Waals surface area (Å²) < 4.78 is 8.42. The molecule has 158 valence electrons. The van der Waals surface area contributed by atoms with Crippen LogP contribution < -0.4 is 0 Å². The third kappa shape index (κ3) is 2.60. The van der Waals surface area contributed by atoms with Crippen molar-refractivity contribution in [3.8, 4) is 23.0 Å². The fourth-order valence-electron chi connectivity index (χ4n) is 4.83. The molecule has 0 atom stereocenters. The van der Waals surface area contributed by atoms with Crippen molar-refractivity contribution in [2.24, 2.45) is 0 Å². The van der Waals surface area contributed by atoms with Crippen LogP contribution in [0.3, 0.4) is 0 Å². The van der Waals surface area contributed by atoms with E-state index in [9.17, 15) is 5.26 Å². The predicted molar refractivity (Wildman–Crippen MR) is 134 cm³/mol. The topological polar surface area (TPSA) is 67.6 Å². The molecule has 0 radical (unpaired) electrons. The Kier molecular flexibility index (Phi) is 3.84. The molecule has 0 fully saturated rings. The van der Waals surface area contributed by atoms with Gasteiger partial charge in [-0.25, -0.2) is 4.98 Å². The van der Waals surface area contributed by atoms with Gasteiger partial charge in [0.1, 0.15) is 16.8 Å². The van der Waals surface area contributed by atoms with Gasteiger partial charge in [0.2, 0.25) is 0 Å². The van der Waals surface area contributed by atoms with Gasteiger partial charge in [0.05, 0.1) is 28.5 Å². The van der Waals surface area contributed by atoms with Crippen LogP contribution in [0.4, 0.5) is 0 Å². The molecule has 0 unspecified atom stereocenters. The number of para-hydroxylation sites is 2. The van der Waals surface area contributed by atoms with Crippen molar-refractivity contribution in [3.05, 3.63) is 103 Å². The molecule has 5 heteroatoms. The Morgan fingerprint density at radius 1 is 0.735 bits per heavy atom. The third-order valence-electron chi connectivity index (χ3n) is 6.34. The highest BCUT2D eigenvalue weighted by Gasteiger charge is 2.16. The van der Waals surface area contributed by atoms with Gasteiger partial charge in [-0.2, -0.15) is 5.26 Å². The maximum absolute atomic E-state index is 9.27. The summed E-state index contributed by atoms with van der Waals surface area (Å²) in [6.07, 6.45) is 3.65. The van der Waals surface area contributed by atoms with Crippen LogP contribution in [0, 0.1) is 11.3 Å². The zero-order valence-electron chi connectivity index (χ0n) is 17.9. The second-order valence-corrected chi connectivity index (χ2v) is 8.23. The van der Waals surface area contributed by atoms with E-state index in [4.69, 9.17) is 4.42 Å². The molecular formula is C29H16N4O. The molecule has 4 aromatic heterocycles. The summed E-state index contributed by atoms with van der Waals surface area (Å²) in [5.74, 6) is 0. The van der Waals surface area contributed by atoms with Gasteiger partial charge < -0.3 is 4.42 Å². The zero-order chi connectivity index (χ0) is 22.6. The number of nitrogens with zero attached hydrogens (tertiary/aromatic N) is 4. The number of hydrogen-bond donors (Lipinski definition) is 0. The quantitative estimate of drug-likeness (QED) is 0.292. The summed E-state index contributed by atoms with van der Waals surface area (Å²) >= 11 is 0. The largest absolute Gasteiger partial charge is 0.455 e. The molecule has 0 aliphatic carbocycles. The fraction of sp³-hybridized carbons (Fsp3) is 0. The zero-order valence-corrected chi connectivity index (χ0v) is 17.9. The van der Waals surface area contributed by atoms with Gasteiger partial charge >= 0.3 is 0 Å². The molecule has 4 heterocycles. The molecule has 7 rings (SSSR count). The van der Waals surface area contributed by atoms with Crippen LogP contribution in [0.5, 0.6) is 0 Å². The fourth-order valence-corrected chi connectivity index (χ4v) is 4.83. The number of furan rings is 1. The minimum Gasteiger partial charge on any atom is -0.455 e. The Balaban J connectivity index is 1.48. The van der Waals surface area contributed by atoms with Crippen molar-refractivity contribution >= 4 is 43.9 Å². The van der Waals surface area contributed by atoms with E-state index in [0.717, 1.165) is 55.2 Å². The number of aromatic nitrogens is 3. The van der Waals surface area contributed by atoms with Gasteiger partial charge in [-0.05, 0) is 54.6 Å². The van der Waals surface area contributed by atoms with Crippen LogP contribution >= 0.6 is 0 Å². The van der Waals surface area contributed by atoms with Crippen LogP contribution in [0.15, 0.2) is 102 Å². The SMILES string of the molecule is N#Cc1ccc2c(c1)oc1c(-c3cc(-n4c5ccccc5c5cccnc54)ccn3)cccc12. The van der Waals surface area contributed by atoms with Gasteiger partial charge in [-0.15, -0.1) is 0 Å². The molecular weight excluding hydrogens is 420 g/mol. The van der Waals surface area contributed by atoms with Crippen molar-refractivity contribution in [3.63, 3.8) is 0 Å². The lowest BCUT2D eigenvalue weighted by molar-refractivity contribution is 0.669. The van der Waals surface area contributed by atoms with Crippen LogP contribution in [-0.4, -0.2) is 14.5 Å². The summed E-state index contributed by atoms with van der Waals surface area (Å²) in [4.78, 5) is 9.38. The molecule has 0 amide bonds. The van der Waals surface area contributed by atoms with Crippen LogP contribution in [0.2, 0.25) is 0 Å². The van der Waals surface area contributed by atoms with Crippen LogP contribution in [-0.2, 0) is 0 Å². The Morgan fingerprint density at radius 2 is 1.62 bits per heavy atom. The standard InChI is InChI=1S/C29H16N4O/c30-17-18-10-11-21-22-6-3-7-24(28(22)34-27(21)15-18)25-16-19(12-14-31-25)33-26-9-2-1-5-20(26)23-8-4-13-32-29(23)33/h1-16H. The first-order valence-electron chi connectivity index (χ1n) is 11.0. The molecule has 0 saturated carbocycles. The molecule has 5 nitrogen and oxygen atoms in total. The Labute approximate surface area is 194 Å². The van der Waals surface area contributed by atoms with E-state index in [-0.39, 0.29) is 0 Å². The molecule has 0 aliphatic heterocycles. The molecule has 7 aromatic rings. The minimum absolute atomic E-state index is 0.576. The normalized spacial score (nSPS) is 11.5. The van der Waals surface area contributed by atoms with Crippen molar-refractivity contribution in [1.29, 1.82) is 5.26 Å². The smallest absolute Gasteiger partial charge is 0.145 e. The summed E-state index contributed by atoms with van der Waals surface area (Å²) in [6, 6.07) is 30.3. The number of pyridine rings is 2. The maximum Gasteiger partial charge on any atom is 0.145 e. The van der Waals surface area contributed by atoms with E-state index in [2.05, 4.69) is 50.9 Å². The number of nitriles is 1. The van der Waals surface area contributed by atoms with Crippen LogP contribution in [0.25, 0.3) is 60.8 Å². The molecule has 34 heavy (non-hydrogen) atoms. The summed E-state index contributed by atoms with van der Waals surface area (Å²) in [7, 11) is 0. The van der Waals surface area contributed by atoms with E-state index in [0.29, 0.717) is 11.1 Å². The highest BCUT2D eigenvalue weighted by Crippen LogP contribution is 2.37. The number of rotatable bonds is 2. The molecule has 0 saturated heterocycles. The minimum atomic E-state index is 0.576. The monoisotopic (exact) mass is 436 g/mol. The Bertz CT molecular complexity index is 1880. The van der Waals surface area contributed by atoms with E-state index in [1.165, 1.54) is 0 Å². The van der Waals surface area contributed by atoms with Gasteiger partial charge in [-0.3, -0.25) is 9.55 Å². The van der Waals surface area contributed by atoms with E-state index >= 15 is 0 Å². The van der Waals surface area contributed by atoms with Crippen molar-refractivity contribution < 1.29 is 4.42 Å². The number of hydrogen-bond acceptors (Lipinski definition) is 4. The first kappa shape index (κ1) is 18.6. The number of benzene rings is 3. The van der Waals surface area contributed by atoms with Crippen molar-refractivity contribution in [1.82, 2.24) is 14.5 Å². The first-order valence-corrected chi connectivity index (χ1v) is 11.0. The highest BCUT2D eigenvalue weighted by atomic mass is 16.3. The average molecular weight is 436 g/mol. The lowest BCUT2D eigenvalue weighted by Gasteiger charge is -2.09. The average Bonchev–Trinajstić information content (AvgIpc) is 3.44. The van der Waals surface area contributed by atoms with Gasteiger partial charge in [0, 0.05) is 39.5 Å². The summed E-state index contributed by atoms with van der Waals surface area (Å²) in [5, 5.41) is 13.5. The first-order chi connectivity index (χ1) is 16.8. The molecule has 0 spiro atoms. The maximum atomic E-state index is 9.27. The predicted octanol–water partition coefficient (Wildman–Crippen LogP) is 7.01. The third-order valence-corrected chi connectivity index (χ3v) is 6.34. The molecule has 3 aromatic carbocycles. The van der Waals surface area contributed by atoms with E-state index in [1.54, 1.807) is 6.07 Å². The van der Waals surface area contributed by atoms with Crippen molar-refractivity contribution in [2.75, 3.05) is 0 Å². The van der Waals surface area contributed by atoms with E-state index in [1.807, 2.05) is 60.9 Å². The second-order valence-electron chi connectivity index (χ2n) is 8.23. The Morgan fingerprint density at radius 3 is 2.56 bits per heavy atom. The van der Waals surface area contributed by atoms with Crippen LogP contribution in [0.1, 0.15) is 5.56 Å². The molecule has 0 N–H and O–H groups in total. The summed E-state index contributed by atoms with van der Waals surface area (Å²) in [5.41, 5.74) is 6.74.